The summed E-state index contributed by atoms with van der Waals surface area (Å²) in [5.41, 5.74) is 2.11. The molecule has 0 N–H and O–H groups in total. The molecule has 0 aliphatic heterocycles. The van der Waals surface area contributed by atoms with Gasteiger partial charge in [0.2, 0.25) is 0 Å². The SMILES string of the molecule is CC/C(=N\c1ccccc1)c1n(C)cc[n+]1C. The number of para-hydroxylation sites is 1. The Kier molecular flexibility index (Phi) is 3.38. The third kappa shape index (κ3) is 2.44. The maximum absolute atomic E-state index is 4.72. The second-order valence-corrected chi connectivity index (χ2v) is 4.09. The molecular weight excluding hydrogens is 210 g/mol. The average molecular weight is 228 g/mol. The topological polar surface area (TPSA) is 21.2 Å². The van der Waals surface area contributed by atoms with Gasteiger partial charge in [-0.1, -0.05) is 25.1 Å². The molecule has 0 spiro atoms. The first-order valence-corrected chi connectivity index (χ1v) is 5.86. The number of aryl methyl sites for hydroxylation is 2. The van der Waals surface area contributed by atoms with Crippen LogP contribution < -0.4 is 4.57 Å². The fraction of sp³-hybridized carbons (Fsp3) is 0.286. The molecular formula is C14H18N3+. The van der Waals surface area contributed by atoms with Gasteiger partial charge in [0.1, 0.15) is 18.1 Å². The monoisotopic (exact) mass is 228 g/mol. The Morgan fingerprint density at radius 2 is 2.00 bits per heavy atom. The Bertz CT molecular complexity index is 504. The van der Waals surface area contributed by atoms with Gasteiger partial charge in [0.05, 0.1) is 19.8 Å². The highest BCUT2D eigenvalue weighted by atomic mass is 15.1. The van der Waals surface area contributed by atoms with Crippen LogP contribution in [0.3, 0.4) is 0 Å². The zero-order valence-electron chi connectivity index (χ0n) is 10.6. The van der Waals surface area contributed by atoms with Crippen LogP contribution >= 0.6 is 0 Å². The predicted octanol–water partition coefficient (Wildman–Crippen LogP) is 2.38. The highest BCUT2D eigenvalue weighted by Gasteiger charge is 2.17. The van der Waals surface area contributed by atoms with Crippen LogP contribution in [0.15, 0.2) is 47.7 Å². The number of aromatic nitrogens is 2. The van der Waals surface area contributed by atoms with Gasteiger partial charge < -0.3 is 0 Å². The molecule has 3 heteroatoms. The van der Waals surface area contributed by atoms with Crippen LogP contribution in [-0.2, 0) is 14.1 Å². The summed E-state index contributed by atoms with van der Waals surface area (Å²) in [5.74, 6) is 1.15. The lowest BCUT2D eigenvalue weighted by atomic mass is 10.2. The van der Waals surface area contributed by atoms with E-state index in [9.17, 15) is 0 Å². The predicted molar refractivity (Wildman–Crippen MR) is 69.5 cm³/mol. The normalized spacial score (nSPS) is 11.8. The molecule has 88 valence electrons. The van der Waals surface area contributed by atoms with Crippen molar-refractivity contribution < 1.29 is 4.57 Å². The number of aliphatic imine (C=N–C) groups is 1. The van der Waals surface area contributed by atoms with Crippen LogP contribution in [0, 0.1) is 0 Å². The summed E-state index contributed by atoms with van der Waals surface area (Å²) in [7, 11) is 4.09. The van der Waals surface area contributed by atoms with Crippen LogP contribution in [-0.4, -0.2) is 10.3 Å². The Hall–Kier alpha value is -1.90. The number of hydrogen-bond donors (Lipinski definition) is 0. The Morgan fingerprint density at radius 3 is 2.53 bits per heavy atom. The van der Waals surface area contributed by atoms with E-state index in [1.54, 1.807) is 0 Å². The minimum absolute atomic E-state index is 0.917. The van der Waals surface area contributed by atoms with E-state index < -0.39 is 0 Å². The van der Waals surface area contributed by atoms with E-state index in [-0.39, 0.29) is 0 Å². The van der Waals surface area contributed by atoms with E-state index >= 15 is 0 Å². The molecule has 0 radical (unpaired) electrons. The molecule has 0 saturated heterocycles. The fourth-order valence-electron chi connectivity index (χ4n) is 1.94. The van der Waals surface area contributed by atoms with E-state index in [0.29, 0.717) is 0 Å². The smallest absolute Gasteiger partial charge is 0.245 e. The fourth-order valence-corrected chi connectivity index (χ4v) is 1.94. The molecule has 0 bridgehead atoms. The lowest BCUT2D eigenvalue weighted by Gasteiger charge is -2.01. The van der Waals surface area contributed by atoms with Crippen molar-refractivity contribution in [2.75, 3.05) is 0 Å². The molecule has 1 aromatic carbocycles. The summed E-state index contributed by atoms with van der Waals surface area (Å²) in [4.78, 5) is 4.72. The van der Waals surface area contributed by atoms with Gasteiger partial charge in [0.15, 0.2) is 0 Å². The number of imidazole rings is 1. The Balaban J connectivity index is 2.44. The van der Waals surface area contributed by atoms with Gasteiger partial charge in [0, 0.05) is 0 Å². The Morgan fingerprint density at radius 1 is 1.29 bits per heavy atom. The van der Waals surface area contributed by atoms with Crippen molar-refractivity contribution in [3.05, 3.63) is 48.5 Å². The van der Waals surface area contributed by atoms with Gasteiger partial charge in [-0.05, 0) is 18.6 Å². The third-order valence-corrected chi connectivity index (χ3v) is 2.80. The molecule has 2 aromatic rings. The molecule has 0 saturated carbocycles. The molecule has 0 aliphatic carbocycles. The van der Waals surface area contributed by atoms with Gasteiger partial charge >= 0.3 is 5.82 Å². The minimum Gasteiger partial charge on any atom is -0.245 e. The molecule has 0 atom stereocenters. The van der Waals surface area contributed by atoms with E-state index in [2.05, 4.69) is 16.1 Å². The summed E-state index contributed by atoms with van der Waals surface area (Å²) in [6, 6.07) is 10.1. The van der Waals surface area contributed by atoms with E-state index in [1.807, 2.05) is 56.8 Å². The van der Waals surface area contributed by atoms with E-state index in [4.69, 9.17) is 4.99 Å². The van der Waals surface area contributed by atoms with E-state index in [0.717, 1.165) is 23.6 Å². The molecule has 0 aliphatic rings. The second-order valence-electron chi connectivity index (χ2n) is 4.09. The van der Waals surface area contributed by atoms with Crippen LogP contribution in [0.25, 0.3) is 0 Å². The van der Waals surface area contributed by atoms with E-state index in [1.165, 1.54) is 0 Å². The Labute approximate surface area is 102 Å². The van der Waals surface area contributed by atoms with Crippen molar-refractivity contribution >= 4 is 11.4 Å². The van der Waals surface area contributed by atoms with Crippen molar-refractivity contribution in [3.8, 4) is 0 Å². The molecule has 2 rings (SSSR count). The lowest BCUT2D eigenvalue weighted by molar-refractivity contribution is -0.672. The van der Waals surface area contributed by atoms with Crippen molar-refractivity contribution in [2.24, 2.45) is 19.1 Å². The molecule has 0 fully saturated rings. The first-order chi connectivity index (χ1) is 8.22. The number of rotatable bonds is 3. The molecule has 17 heavy (non-hydrogen) atoms. The maximum Gasteiger partial charge on any atom is 0.303 e. The zero-order chi connectivity index (χ0) is 12.3. The van der Waals surface area contributed by atoms with Gasteiger partial charge in [-0.15, -0.1) is 0 Å². The maximum atomic E-state index is 4.72. The van der Waals surface area contributed by atoms with Crippen LogP contribution in [0.5, 0.6) is 0 Å². The summed E-state index contributed by atoms with van der Waals surface area (Å²) < 4.78 is 4.20. The number of hydrogen-bond acceptors (Lipinski definition) is 1. The summed E-state index contributed by atoms with van der Waals surface area (Å²) >= 11 is 0. The third-order valence-electron chi connectivity index (χ3n) is 2.80. The molecule has 1 aromatic heterocycles. The number of benzene rings is 1. The summed E-state index contributed by atoms with van der Waals surface area (Å²) in [6.45, 7) is 2.13. The standard InChI is InChI=1S/C14H18N3/c1-4-13(14-16(2)10-11-17(14)3)15-12-8-6-5-7-9-12/h5-11H,4H2,1-3H3/q+1/b15-13+. The first-order valence-electron chi connectivity index (χ1n) is 5.86. The van der Waals surface area contributed by atoms with Crippen molar-refractivity contribution in [3.63, 3.8) is 0 Å². The molecule has 0 unspecified atom stereocenters. The molecule has 0 amide bonds. The van der Waals surface area contributed by atoms with Crippen molar-refractivity contribution in [1.82, 2.24) is 4.57 Å². The van der Waals surface area contributed by atoms with Gasteiger partial charge in [-0.25, -0.2) is 14.1 Å². The van der Waals surface area contributed by atoms with Gasteiger partial charge in [-0.3, -0.25) is 0 Å². The second kappa shape index (κ2) is 4.95. The van der Waals surface area contributed by atoms with Crippen LogP contribution in [0.2, 0.25) is 0 Å². The summed E-state index contributed by atoms with van der Waals surface area (Å²) in [5, 5.41) is 0. The molecule has 3 nitrogen and oxygen atoms in total. The first kappa shape index (κ1) is 11.6. The van der Waals surface area contributed by atoms with Crippen LogP contribution in [0.4, 0.5) is 5.69 Å². The zero-order valence-corrected chi connectivity index (χ0v) is 10.6. The highest BCUT2D eigenvalue weighted by molar-refractivity contribution is 5.97. The van der Waals surface area contributed by atoms with Crippen molar-refractivity contribution in [2.45, 2.75) is 13.3 Å². The minimum atomic E-state index is 0.917. The number of nitrogens with zero attached hydrogens (tertiary/aromatic N) is 3. The quantitative estimate of drug-likeness (QED) is 0.568. The average Bonchev–Trinajstić information content (AvgIpc) is 2.68. The van der Waals surface area contributed by atoms with Crippen molar-refractivity contribution in [1.29, 1.82) is 0 Å². The van der Waals surface area contributed by atoms with Crippen LogP contribution in [0.1, 0.15) is 19.2 Å². The van der Waals surface area contributed by atoms with Gasteiger partial charge in [-0.2, -0.15) is 0 Å². The highest BCUT2D eigenvalue weighted by Crippen LogP contribution is 2.13. The lowest BCUT2D eigenvalue weighted by Crippen LogP contribution is -2.35. The summed E-state index contributed by atoms with van der Waals surface area (Å²) in [6.07, 6.45) is 5.01. The molecule has 1 heterocycles. The van der Waals surface area contributed by atoms with Gasteiger partial charge in [0.25, 0.3) is 0 Å². The largest absolute Gasteiger partial charge is 0.303 e.